The van der Waals surface area contributed by atoms with Gasteiger partial charge in [0.1, 0.15) is 11.6 Å². The van der Waals surface area contributed by atoms with Gasteiger partial charge in [0.2, 0.25) is 11.8 Å². The van der Waals surface area contributed by atoms with Crippen molar-refractivity contribution in [3.63, 3.8) is 0 Å². The number of rotatable bonds is 4. The normalized spacial score (nSPS) is 27.0. The fourth-order valence-electron chi connectivity index (χ4n) is 3.53. The molecule has 2 atom stereocenters. The smallest absolute Gasteiger partial charge is 0.249 e. The van der Waals surface area contributed by atoms with Gasteiger partial charge in [-0.3, -0.25) is 13.8 Å². The predicted octanol–water partition coefficient (Wildman–Crippen LogP) is 1.05. The molecule has 1 saturated heterocycles. The van der Waals surface area contributed by atoms with Gasteiger partial charge in [-0.2, -0.15) is 0 Å². The lowest BCUT2D eigenvalue weighted by Gasteiger charge is -2.48. The van der Waals surface area contributed by atoms with Crippen molar-refractivity contribution in [2.75, 3.05) is 18.6 Å². The lowest BCUT2D eigenvalue weighted by Crippen LogP contribution is -2.72. The molecule has 0 aromatic heterocycles. The van der Waals surface area contributed by atoms with E-state index in [2.05, 4.69) is 5.32 Å². The second-order valence-corrected chi connectivity index (χ2v) is 8.15. The average Bonchev–Trinajstić information content (AvgIpc) is 2.41. The topological polar surface area (TPSA) is 66.5 Å². The van der Waals surface area contributed by atoms with Crippen LogP contribution < -0.4 is 5.32 Å². The molecule has 120 valence electrons. The van der Waals surface area contributed by atoms with E-state index >= 15 is 0 Å². The molecule has 2 aliphatic rings. The molecule has 0 radical (unpaired) electrons. The van der Waals surface area contributed by atoms with Gasteiger partial charge < -0.3 is 10.2 Å². The standard InChI is InChI=1S/C15H26N2O3S/c1-11(2)12-13(18)16-15(7-5-4-6-8-15)14(19)17(12)9-10-21(3)20/h11-12H,4-10H2,1-3H3,(H,16,18). The Bertz CT molecular complexity index is 444. The zero-order chi connectivity index (χ0) is 15.6. The van der Waals surface area contributed by atoms with E-state index in [0.717, 1.165) is 32.1 Å². The molecule has 0 aromatic rings. The molecular weight excluding hydrogens is 288 g/mol. The van der Waals surface area contributed by atoms with Crippen LogP contribution in [0, 0.1) is 5.92 Å². The van der Waals surface area contributed by atoms with Gasteiger partial charge in [0.25, 0.3) is 0 Å². The highest BCUT2D eigenvalue weighted by atomic mass is 32.2. The summed E-state index contributed by atoms with van der Waals surface area (Å²) >= 11 is 0. The third kappa shape index (κ3) is 3.30. The Kier molecular flexibility index (Phi) is 5.07. The molecule has 0 bridgehead atoms. The van der Waals surface area contributed by atoms with Crippen LogP contribution in [0.15, 0.2) is 0 Å². The number of nitrogens with one attached hydrogen (secondary N) is 1. The molecule has 6 heteroatoms. The lowest BCUT2D eigenvalue weighted by atomic mass is 9.77. The van der Waals surface area contributed by atoms with Crippen LogP contribution in [0.1, 0.15) is 46.0 Å². The van der Waals surface area contributed by atoms with Crippen molar-refractivity contribution in [1.82, 2.24) is 10.2 Å². The van der Waals surface area contributed by atoms with Crippen molar-refractivity contribution in [3.8, 4) is 0 Å². The molecule has 2 rings (SSSR count). The van der Waals surface area contributed by atoms with Gasteiger partial charge >= 0.3 is 0 Å². The Morgan fingerprint density at radius 2 is 1.90 bits per heavy atom. The number of carbonyl (C=O) groups is 2. The third-order valence-corrected chi connectivity index (χ3v) is 5.35. The maximum atomic E-state index is 13.0. The Hall–Kier alpha value is -0.910. The van der Waals surface area contributed by atoms with Gasteiger partial charge in [0.15, 0.2) is 0 Å². The summed E-state index contributed by atoms with van der Waals surface area (Å²) in [5, 5.41) is 3.02. The Morgan fingerprint density at radius 1 is 1.29 bits per heavy atom. The monoisotopic (exact) mass is 314 g/mol. The van der Waals surface area contributed by atoms with E-state index in [0.29, 0.717) is 12.3 Å². The molecule has 1 saturated carbocycles. The van der Waals surface area contributed by atoms with E-state index in [1.807, 2.05) is 13.8 Å². The van der Waals surface area contributed by atoms with Gasteiger partial charge in [-0.05, 0) is 18.8 Å². The first-order chi connectivity index (χ1) is 9.87. The first kappa shape index (κ1) is 16.5. The molecule has 1 N–H and O–H groups in total. The molecule has 2 amide bonds. The van der Waals surface area contributed by atoms with Crippen molar-refractivity contribution in [2.45, 2.75) is 57.5 Å². The van der Waals surface area contributed by atoms with Crippen LogP contribution in [-0.4, -0.2) is 51.1 Å². The second-order valence-electron chi connectivity index (χ2n) is 6.60. The zero-order valence-corrected chi connectivity index (χ0v) is 14.0. The number of hydrogen-bond acceptors (Lipinski definition) is 3. The van der Waals surface area contributed by atoms with E-state index in [1.54, 1.807) is 11.2 Å². The fraction of sp³-hybridized carbons (Fsp3) is 0.867. The predicted molar refractivity (Wildman–Crippen MR) is 83.2 cm³/mol. The molecular formula is C15H26N2O3S. The van der Waals surface area contributed by atoms with Gasteiger partial charge in [-0.25, -0.2) is 0 Å². The zero-order valence-electron chi connectivity index (χ0n) is 13.2. The quantitative estimate of drug-likeness (QED) is 0.843. The summed E-state index contributed by atoms with van der Waals surface area (Å²) in [6.07, 6.45) is 6.17. The van der Waals surface area contributed by atoms with Crippen molar-refractivity contribution < 1.29 is 13.8 Å². The SMILES string of the molecule is CC(C)C1C(=O)NC2(CCCCC2)C(=O)N1CCS(C)=O. The first-order valence-corrected chi connectivity index (χ1v) is 9.53. The summed E-state index contributed by atoms with van der Waals surface area (Å²) in [5.74, 6) is 0.470. The molecule has 5 nitrogen and oxygen atoms in total. The molecule has 21 heavy (non-hydrogen) atoms. The largest absolute Gasteiger partial charge is 0.340 e. The van der Waals surface area contributed by atoms with Gasteiger partial charge in [0.05, 0.1) is 0 Å². The highest BCUT2D eigenvalue weighted by Crippen LogP contribution is 2.34. The highest BCUT2D eigenvalue weighted by Gasteiger charge is 2.51. The Morgan fingerprint density at radius 3 is 2.43 bits per heavy atom. The molecule has 1 aliphatic carbocycles. The summed E-state index contributed by atoms with van der Waals surface area (Å²) in [5.41, 5.74) is -0.698. The molecule has 0 aromatic carbocycles. The van der Waals surface area contributed by atoms with E-state index in [-0.39, 0.29) is 17.7 Å². The highest BCUT2D eigenvalue weighted by molar-refractivity contribution is 7.84. The van der Waals surface area contributed by atoms with Crippen LogP contribution >= 0.6 is 0 Å². The molecule has 1 heterocycles. The number of hydrogen-bond donors (Lipinski definition) is 1. The number of nitrogens with zero attached hydrogens (tertiary/aromatic N) is 1. The minimum atomic E-state index is -0.964. The number of carbonyl (C=O) groups excluding carboxylic acids is 2. The summed E-state index contributed by atoms with van der Waals surface area (Å²) in [6, 6.07) is -0.436. The van der Waals surface area contributed by atoms with Crippen LogP contribution in [0.4, 0.5) is 0 Å². The molecule has 1 spiro atoms. The van der Waals surface area contributed by atoms with E-state index < -0.39 is 22.4 Å². The number of piperazine rings is 1. The van der Waals surface area contributed by atoms with Crippen LogP contribution in [0.2, 0.25) is 0 Å². The maximum absolute atomic E-state index is 13.0. The van der Waals surface area contributed by atoms with Crippen molar-refractivity contribution in [1.29, 1.82) is 0 Å². The summed E-state index contributed by atoms with van der Waals surface area (Å²) in [7, 11) is -0.964. The minimum absolute atomic E-state index is 0.0333. The van der Waals surface area contributed by atoms with Gasteiger partial charge in [-0.1, -0.05) is 33.1 Å². The van der Waals surface area contributed by atoms with E-state index in [9.17, 15) is 13.8 Å². The van der Waals surface area contributed by atoms with Crippen LogP contribution in [0.3, 0.4) is 0 Å². The average molecular weight is 314 g/mol. The fourth-order valence-corrected chi connectivity index (χ4v) is 3.98. The van der Waals surface area contributed by atoms with Crippen LogP contribution in [0.25, 0.3) is 0 Å². The second kappa shape index (κ2) is 6.46. The van der Waals surface area contributed by atoms with Crippen molar-refractivity contribution >= 4 is 22.6 Å². The van der Waals surface area contributed by atoms with Crippen LogP contribution in [0.5, 0.6) is 0 Å². The van der Waals surface area contributed by atoms with E-state index in [4.69, 9.17) is 0 Å². The van der Waals surface area contributed by atoms with Crippen molar-refractivity contribution in [2.24, 2.45) is 5.92 Å². The summed E-state index contributed by atoms with van der Waals surface area (Å²) in [6.45, 7) is 4.30. The van der Waals surface area contributed by atoms with E-state index in [1.165, 1.54) is 0 Å². The maximum Gasteiger partial charge on any atom is 0.249 e. The van der Waals surface area contributed by atoms with Gasteiger partial charge in [-0.15, -0.1) is 0 Å². The first-order valence-electron chi connectivity index (χ1n) is 7.80. The number of amides is 2. The molecule has 2 fully saturated rings. The molecule has 2 unspecified atom stereocenters. The Labute approximate surface area is 129 Å². The lowest BCUT2D eigenvalue weighted by molar-refractivity contribution is -0.158. The summed E-state index contributed by atoms with van der Waals surface area (Å²) in [4.78, 5) is 27.2. The molecule has 1 aliphatic heterocycles. The van der Waals surface area contributed by atoms with Crippen LogP contribution in [-0.2, 0) is 20.4 Å². The van der Waals surface area contributed by atoms with Crippen molar-refractivity contribution in [3.05, 3.63) is 0 Å². The summed E-state index contributed by atoms with van der Waals surface area (Å²) < 4.78 is 11.4. The third-order valence-electron chi connectivity index (χ3n) is 4.60. The minimum Gasteiger partial charge on any atom is -0.340 e. The Balaban J connectivity index is 2.26. The van der Waals surface area contributed by atoms with Gasteiger partial charge in [0, 0.05) is 29.4 Å².